The first-order valence-electron chi connectivity index (χ1n) is 6.14. The van der Waals surface area contributed by atoms with E-state index in [4.69, 9.17) is 5.73 Å². The maximum Gasteiger partial charge on any atom is 0.276 e. The first-order valence-corrected chi connectivity index (χ1v) is 7.02. The topological polar surface area (TPSA) is 72.9 Å². The Bertz CT molecular complexity index is 803. The van der Waals surface area contributed by atoms with Crippen LogP contribution in [-0.2, 0) is 7.05 Å². The molecule has 0 unspecified atom stereocenters. The highest BCUT2D eigenvalue weighted by Gasteiger charge is 2.18. The minimum atomic E-state index is -0.250. The number of carbonyl (C=O) groups excluding carboxylic acids is 1. The highest BCUT2D eigenvalue weighted by molar-refractivity contribution is 7.17. The molecule has 0 fully saturated rings. The fourth-order valence-electron chi connectivity index (χ4n) is 2.18. The minimum Gasteiger partial charge on any atom is -0.395 e. The van der Waals surface area contributed by atoms with E-state index >= 15 is 0 Å². The normalized spacial score (nSPS) is 10.9. The van der Waals surface area contributed by atoms with Gasteiger partial charge in [0.05, 0.1) is 11.4 Å². The van der Waals surface area contributed by atoms with Crippen LogP contribution in [0.25, 0.3) is 10.1 Å². The Kier molecular flexibility index (Phi) is 2.94. The van der Waals surface area contributed by atoms with E-state index in [9.17, 15) is 4.79 Å². The van der Waals surface area contributed by atoms with Gasteiger partial charge in [-0.3, -0.25) is 9.48 Å². The molecule has 0 aliphatic heterocycles. The Hall–Kier alpha value is -2.34. The Balaban J connectivity index is 1.91. The van der Waals surface area contributed by atoms with Crippen molar-refractivity contribution < 1.29 is 4.79 Å². The number of carbonyl (C=O) groups is 1. The first-order chi connectivity index (χ1) is 9.56. The van der Waals surface area contributed by atoms with Gasteiger partial charge in [0.1, 0.15) is 5.69 Å². The highest BCUT2D eigenvalue weighted by Crippen LogP contribution is 2.25. The fraction of sp³-hybridized carbons (Fsp3) is 0.143. The summed E-state index contributed by atoms with van der Waals surface area (Å²) in [6.45, 7) is 1.78. The van der Waals surface area contributed by atoms with Crippen LogP contribution in [0.4, 0.5) is 11.4 Å². The van der Waals surface area contributed by atoms with E-state index in [1.54, 1.807) is 25.3 Å². The monoisotopic (exact) mass is 286 g/mol. The summed E-state index contributed by atoms with van der Waals surface area (Å²) in [6.07, 6.45) is 0. The predicted molar refractivity (Wildman–Crippen MR) is 82.1 cm³/mol. The number of anilines is 2. The number of amides is 1. The van der Waals surface area contributed by atoms with Crippen LogP contribution in [0.2, 0.25) is 0 Å². The van der Waals surface area contributed by atoms with E-state index in [0.29, 0.717) is 17.1 Å². The first kappa shape index (κ1) is 12.7. The van der Waals surface area contributed by atoms with Gasteiger partial charge >= 0.3 is 0 Å². The molecule has 2 aromatic heterocycles. The number of nitrogen functional groups attached to an aromatic ring is 1. The van der Waals surface area contributed by atoms with E-state index in [0.717, 1.165) is 11.1 Å². The Morgan fingerprint density at radius 2 is 2.20 bits per heavy atom. The van der Waals surface area contributed by atoms with E-state index in [1.165, 1.54) is 9.38 Å². The number of thiophene rings is 1. The second-order valence-electron chi connectivity index (χ2n) is 4.60. The molecule has 3 aromatic rings. The summed E-state index contributed by atoms with van der Waals surface area (Å²) >= 11 is 1.67. The molecule has 0 spiro atoms. The Labute approximate surface area is 120 Å². The summed E-state index contributed by atoms with van der Waals surface area (Å²) < 4.78 is 2.70. The molecular formula is C14H14N4OS. The van der Waals surface area contributed by atoms with Gasteiger partial charge in [-0.2, -0.15) is 5.10 Å². The molecule has 102 valence electrons. The molecule has 0 saturated carbocycles. The van der Waals surface area contributed by atoms with Gasteiger partial charge in [0.25, 0.3) is 5.91 Å². The van der Waals surface area contributed by atoms with Crippen LogP contribution in [0.5, 0.6) is 0 Å². The van der Waals surface area contributed by atoms with Crippen LogP contribution in [0, 0.1) is 6.92 Å². The summed E-state index contributed by atoms with van der Waals surface area (Å²) in [6, 6.07) is 7.85. The van der Waals surface area contributed by atoms with Gasteiger partial charge in [-0.1, -0.05) is 0 Å². The molecule has 5 nitrogen and oxygen atoms in total. The number of benzene rings is 1. The fourth-order valence-corrected chi connectivity index (χ4v) is 2.95. The summed E-state index contributed by atoms with van der Waals surface area (Å²) in [4.78, 5) is 12.3. The standard InChI is InChI=1S/C14H14N4OS/c1-8-12(15)13(18(2)17-8)14(19)16-10-3-4-11-9(7-10)5-6-20-11/h3-7H,15H2,1-2H3,(H,16,19). The maximum atomic E-state index is 12.3. The lowest BCUT2D eigenvalue weighted by Crippen LogP contribution is -2.17. The third-order valence-electron chi connectivity index (χ3n) is 3.19. The molecule has 20 heavy (non-hydrogen) atoms. The van der Waals surface area contributed by atoms with Gasteiger partial charge in [0.15, 0.2) is 0 Å². The number of rotatable bonds is 2. The van der Waals surface area contributed by atoms with Gasteiger partial charge in [-0.15, -0.1) is 11.3 Å². The Morgan fingerprint density at radius 3 is 2.90 bits per heavy atom. The molecule has 0 radical (unpaired) electrons. The summed E-state index contributed by atoms with van der Waals surface area (Å²) in [7, 11) is 1.71. The van der Waals surface area contributed by atoms with Crippen LogP contribution in [0.1, 0.15) is 16.2 Å². The van der Waals surface area contributed by atoms with Crippen molar-refractivity contribution in [2.75, 3.05) is 11.1 Å². The zero-order valence-electron chi connectivity index (χ0n) is 11.2. The average Bonchev–Trinajstić information content (AvgIpc) is 2.94. The zero-order valence-corrected chi connectivity index (χ0v) is 12.0. The lowest BCUT2D eigenvalue weighted by Gasteiger charge is -2.06. The van der Waals surface area contributed by atoms with Crippen molar-refractivity contribution in [2.45, 2.75) is 6.92 Å². The van der Waals surface area contributed by atoms with Crippen molar-refractivity contribution in [1.82, 2.24) is 9.78 Å². The van der Waals surface area contributed by atoms with Crippen LogP contribution >= 0.6 is 11.3 Å². The van der Waals surface area contributed by atoms with Crippen molar-refractivity contribution >= 4 is 38.7 Å². The van der Waals surface area contributed by atoms with Crippen molar-refractivity contribution in [2.24, 2.45) is 7.05 Å². The van der Waals surface area contributed by atoms with Gasteiger partial charge in [0.2, 0.25) is 0 Å². The number of nitrogens with zero attached hydrogens (tertiary/aromatic N) is 2. The minimum absolute atomic E-state index is 0.250. The molecule has 2 heterocycles. The number of hydrogen-bond acceptors (Lipinski definition) is 4. The van der Waals surface area contributed by atoms with Crippen molar-refractivity contribution in [1.29, 1.82) is 0 Å². The molecule has 3 rings (SSSR count). The van der Waals surface area contributed by atoms with Crippen LogP contribution in [0.15, 0.2) is 29.6 Å². The van der Waals surface area contributed by atoms with Crippen LogP contribution < -0.4 is 11.1 Å². The molecule has 0 aliphatic rings. The van der Waals surface area contributed by atoms with Gasteiger partial charge in [-0.25, -0.2) is 0 Å². The SMILES string of the molecule is Cc1nn(C)c(C(=O)Nc2ccc3sccc3c2)c1N. The largest absolute Gasteiger partial charge is 0.395 e. The molecule has 0 atom stereocenters. The van der Waals surface area contributed by atoms with Gasteiger partial charge in [0, 0.05) is 17.4 Å². The van der Waals surface area contributed by atoms with Crippen LogP contribution in [-0.4, -0.2) is 15.7 Å². The van der Waals surface area contributed by atoms with Crippen molar-refractivity contribution in [3.63, 3.8) is 0 Å². The number of aromatic nitrogens is 2. The summed E-state index contributed by atoms with van der Waals surface area (Å²) in [5.41, 5.74) is 8.10. The average molecular weight is 286 g/mol. The smallest absolute Gasteiger partial charge is 0.276 e. The van der Waals surface area contributed by atoms with E-state index in [2.05, 4.69) is 10.4 Å². The number of fused-ring (bicyclic) bond motifs is 1. The molecule has 1 amide bonds. The van der Waals surface area contributed by atoms with Crippen LogP contribution in [0.3, 0.4) is 0 Å². The van der Waals surface area contributed by atoms with Gasteiger partial charge < -0.3 is 11.1 Å². The number of aryl methyl sites for hydroxylation is 2. The quantitative estimate of drug-likeness (QED) is 0.760. The number of nitrogens with two attached hydrogens (primary N) is 1. The molecule has 0 bridgehead atoms. The third-order valence-corrected chi connectivity index (χ3v) is 4.09. The van der Waals surface area contributed by atoms with E-state index in [1.807, 2.05) is 29.6 Å². The Morgan fingerprint density at radius 1 is 1.40 bits per heavy atom. The van der Waals surface area contributed by atoms with E-state index < -0.39 is 0 Å². The molecule has 1 aromatic carbocycles. The summed E-state index contributed by atoms with van der Waals surface area (Å²) in [5, 5.41) is 10.1. The maximum absolute atomic E-state index is 12.3. The summed E-state index contributed by atoms with van der Waals surface area (Å²) in [5.74, 6) is -0.250. The molecular weight excluding hydrogens is 272 g/mol. The lowest BCUT2D eigenvalue weighted by atomic mass is 10.2. The molecule has 0 aliphatic carbocycles. The third kappa shape index (κ3) is 2.04. The second kappa shape index (κ2) is 4.64. The highest BCUT2D eigenvalue weighted by atomic mass is 32.1. The zero-order chi connectivity index (χ0) is 14.3. The molecule has 0 saturated heterocycles. The predicted octanol–water partition coefficient (Wildman–Crippen LogP) is 2.78. The van der Waals surface area contributed by atoms with Crippen molar-refractivity contribution in [3.05, 3.63) is 41.0 Å². The number of nitrogens with one attached hydrogen (secondary N) is 1. The van der Waals surface area contributed by atoms with Gasteiger partial charge in [-0.05, 0) is 42.0 Å². The van der Waals surface area contributed by atoms with Crippen molar-refractivity contribution in [3.8, 4) is 0 Å². The number of hydrogen-bond donors (Lipinski definition) is 2. The second-order valence-corrected chi connectivity index (χ2v) is 5.55. The molecule has 6 heteroatoms. The molecule has 3 N–H and O–H groups in total. The lowest BCUT2D eigenvalue weighted by molar-refractivity contribution is 0.101. The van der Waals surface area contributed by atoms with E-state index in [-0.39, 0.29) is 5.91 Å².